The molecule has 1 aromatic rings. The Labute approximate surface area is 98.4 Å². The summed E-state index contributed by atoms with van der Waals surface area (Å²) in [7, 11) is 0. The molecule has 82 valence electrons. The maximum Gasteiger partial charge on any atom is 0.306 e. The Bertz CT molecular complexity index is 361. The molecule has 1 aromatic carbocycles. The zero-order valence-corrected chi connectivity index (χ0v) is 10.5. The molecule has 2 nitrogen and oxygen atoms in total. The Morgan fingerprint density at radius 1 is 1.53 bits per heavy atom. The standard InChI is InChI=1S/C12H15BrO2/c1-8-3-5-10(11(13)7-8)6-4-9(2)12(14)15/h3,5,7,9H,4,6H2,1-2H3,(H,14,15). The predicted octanol–water partition coefficient (Wildman–Crippen LogP) is 3.41. The molecule has 0 heterocycles. The summed E-state index contributed by atoms with van der Waals surface area (Å²) in [5.74, 6) is -1.00. The van der Waals surface area contributed by atoms with Crippen LogP contribution in [0.3, 0.4) is 0 Å². The SMILES string of the molecule is Cc1ccc(CCC(C)C(=O)O)c(Br)c1. The maximum atomic E-state index is 10.6. The topological polar surface area (TPSA) is 37.3 Å². The van der Waals surface area contributed by atoms with E-state index in [4.69, 9.17) is 5.11 Å². The van der Waals surface area contributed by atoms with E-state index in [2.05, 4.69) is 22.0 Å². The number of halogens is 1. The number of benzene rings is 1. The van der Waals surface area contributed by atoms with Crippen molar-refractivity contribution < 1.29 is 9.90 Å². The van der Waals surface area contributed by atoms with Crippen LogP contribution >= 0.6 is 15.9 Å². The number of hydrogen-bond donors (Lipinski definition) is 1. The molecule has 0 aromatic heterocycles. The molecule has 1 atom stereocenters. The van der Waals surface area contributed by atoms with Gasteiger partial charge >= 0.3 is 5.97 Å². The lowest BCUT2D eigenvalue weighted by Gasteiger charge is -2.08. The number of carbonyl (C=O) groups is 1. The summed E-state index contributed by atoms with van der Waals surface area (Å²) in [6.45, 7) is 3.78. The van der Waals surface area contributed by atoms with Crippen molar-refractivity contribution in [1.82, 2.24) is 0 Å². The van der Waals surface area contributed by atoms with Crippen molar-refractivity contribution in [2.75, 3.05) is 0 Å². The molecule has 1 unspecified atom stereocenters. The van der Waals surface area contributed by atoms with Crippen molar-refractivity contribution >= 4 is 21.9 Å². The van der Waals surface area contributed by atoms with Crippen molar-refractivity contribution in [3.05, 3.63) is 33.8 Å². The summed E-state index contributed by atoms with van der Waals surface area (Å²) < 4.78 is 1.07. The number of rotatable bonds is 4. The second kappa shape index (κ2) is 5.31. The van der Waals surface area contributed by atoms with Crippen LogP contribution in [0, 0.1) is 12.8 Å². The van der Waals surface area contributed by atoms with Gasteiger partial charge in [-0.2, -0.15) is 0 Å². The lowest BCUT2D eigenvalue weighted by Crippen LogP contribution is -2.10. The molecule has 15 heavy (non-hydrogen) atoms. The van der Waals surface area contributed by atoms with Crippen LogP contribution in [-0.4, -0.2) is 11.1 Å². The third-order valence-electron chi connectivity index (χ3n) is 2.48. The minimum absolute atomic E-state index is 0.279. The van der Waals surface area contributed by atoms with Crippen LogP contribution in [0.4, 0.5) is 0 Å². The predicted molar refractivity (Wildman–Crippen MR) is 64.0 cm³/mol. The number of aryl methyl sites for hydroxylation is 2. The quantitative estimate of drug-likeness (QED) is 0.911. The van der Waals surface area contributed by atoms with Crippen LogP contribution < -0.4 is 0 Å². The van der Waals surface area contributed by atoms with Gasteiger partial charge in [-0.15, -0.1) is 0 Å². The highest BCUT2D eigenvalue weighted by Gasteiger charge is 2.11. The molecular formula is C12H15BrO2. The Kier molecular flexibility index (Phi) is 4.33. The van der Waals surface area contributed by atoms with Crippen molar-refractivity contribution in [2.45, 2.75) is 26.7 Å². The van der Waals surface area contributed by atoms with E-state index in [1.54, 1.807) is 6.92 Å². The van der Waals surface area contributed by atoms with Gasteiger partial charge in [0.25, 0.3) is 0 Å². The molecule has 0 aliphatic carbocycles. The molecule has 1 rings (SSSR count). The van der Waals surface area contributed by atoms with Crippen LogP contribution in [0.2, 0.25) is 0 Å². The molecule has 0 aliphatic rings. The van der Waals surface area contributed by atoms with Crippen molar-refractivity contribution in [1.29, 1.82) is 0 Å². The number of hydrogen-bond acceptors (Lipinski definition) is 1. The normalized spacial score (nSPS) is 12.5. The minimum Gasteiger partial charge on any atom is -0.481 e. The summed E-state index contributed by atoms with van der Waals surface area (Å²) in [5.41, 5.74) is 2.38. The van der Waals surface area contributed by atoms with Crippen LogP contribution in [0.5, 0.6) is 0 Å². The van der Waals surface area contributed by atoms with Gasteiger partial charge < -0.3 is 5.11 Å². The molecule has 3 heteroatoms. The fourth-order valence-electron chi connectivity index (χ4n) is 1.35. The van der Waals surface area contributed by atoms with E-state index in [9.17, 15) is 4.79 Å². The van der Waals surface area contributed by atoms with Gasteiger partial charge in [0.1, 0.15) is 0 Å². The fraction of sp³-hybridized carbons (Fsp3) is 0.417. The first-order valence-electron chi connectivity index (χ1n) is 4.98. The lowest BCUT2D eigenvalue weighted by molar-refractivity contribution is -0.141. The second-order valence-electron chi connectivity index (χ2n) is 3.87. The first-order chi connectivity index (χ1) is 7.00. The Morgan fingerprint density at radius 2 is 2.20 bits per heavy atom. The molecule has 0 saturated heterocycles. The van der Waals surface area contributed by atoms with E-state index in [-0.39, 0.29) is 5.92 Å². The smallest absolute Gasteiger partial charge is 0.306 e. The third kappa shape index (κ3) is 3.67. The van der Waals surface area contributed by atoms with Crippen LogP contribution in [0.15, 0.2) is 22.7 Å². The highest BCUT2D eigenvalue weighted by molar-refractivity contribution is 9.10. The fourth-order valence-corrected chi connectivity index (χ4v) is 2.04. The summed E-state index contributed by atoms with van der Waals surface area (Å²) >= 11 is 3.49. The number of carboxylic acids is 1. The molecule has 0 fully saturated rings. The van der Waals surface area contributed by atoms with Gasteiger partial charge in [0.15, 0.2) is 0 Å². The molecule has 1 N–H and O–H groups in total. The molecule has 0 bridgehead atoms. The molecule has 0 radical (unpaired) electrons. The molecule has 0 aliphatic heterocycles. The third-order valence-corrected chi connectivity index (χ3v) is 3.22. The summed E-state index contributed by atoms with van der Waals surface area (Å²) in [6.07, 6.45) is 1.48. The summed E-state index contributed by atoms with van der Waals surface area (Å²) in [6, 6.07) is 6.15. The zero-order valence-electron chi connectivity index (χ0n) is 8.96. The highest BCUT2D eigenvalue weighted by atomic mass is 79.9. The molecule has 0 amide bonds. The van der Waals surface area contributed by atoms with E-state index in [1.165, 1.54) is 11.1 Å². The number of aliphatic carboxylic acids is 1. The van der Waals surface area contributed by atoms with Gasteiger partial charge in [-0.1, -0.05) is 35.0 Å². The average molecular weight is 271 g/mol. The van der Waals surface area contributed by atoms with Gasteiger partial charge in [-0.25, -0.2) is 0 Å². The average Bonchev–Trinajstić information content (AvgIpc) is 2.15. The van der Waals surface area contributed by atoms with Gasteiger partial charge in [-0.3, -0.25) is 4.79 Å². The van der Waals surface area contributed by atoms with Gasteiger partial charge in [0, 0.05) is 4.47 Å². The van der Waals surface area contributed by atoms with Crippen molar-refractivity contribution in [3.63, 3.8) is 0 Å². The monoisotopic (exact) mass is 270 g/mol. The molecule has 0 spiro atoms. The van der Waals surface area contributed by atoms with Gasteiger partial charge in [0.2, 0.25) is 0 Å². The largest absolute Gasteiger partial charge is 0.481 e. The van der Waals surface area contributed by atoms with Crippen LogP contribution in [-0.2, 0) is 11.2 Å². The van der Waals surface area contributed by atoms with Gasteiger partial charge in [0.05, 0.1) is 5.92 Å². The Hall–Kier alpha value is -0.830. The van der Waals surface area contributed by atoms with E-state index in [0.717, 1.165) is 10.9 Å². The van der Waals surface area contributed by atoms with Crippen molar-refractivity contribution in [3.8, 4) is 0 Å². The molecule has 0 saturated carbocycles. The molecular weight excluding hydrogens is 256 g/mol. The van der Waals surface area contributed by atoms with Crippen LogP contribution in [0.1, 0.15) is 24.5 Å². The van der Waals surface area contributed by atoms with Crippen molar-refractivity contribution in [2.24, 2.45) is 5.92 Å². The number of carboxylic acid groups (broad SMARTS) is 1. The highest BCUT2D eigenvalue weighted by Crippen LogP contribution is 2.21. The second-order valence-corrected chi connectivity index (χ2v) is 4.73. The first-order valence-corrected chi connectivity index (χ1v) is 5.78. The van der Waals surface area contributed by atoms with E-state index >= 15 is 0 Å². The summed E-state index contributed by atoms with van der Waals surface area (Å²) in [5, 5.41) is 8.76. The van der Waals surface area contributed by atoms with E-state index in [0.29, 0.717) is 6.42 Å². The van der Waals surface area contributed by atoms with E-state index < -0.39 is 5.97 Å². The van der Waals surface area contributed by atoms with E-state index in [1.807, 2.05) is 19.1 Å². The first kappa shape index (κ1) is 12.2. The Balaban J connectivity index is 2.62. The summed E-state index contributed by atoms with van der Waals surface area (Å²) in [4.78, 5) is 10.6. The Morgan fingerprint density at radius 3 is 2.73 bits per heavy atom. The zero-order chi connectivity index (χ0) is 11.4. The van der Waals surface area contributed by atoms with Crippen LogP contribution in [0.25, 0.3) is 0 Å². The minimum atomic E-state index is -0.724. The lowest BCUT2D eigenvalue weighted by atomic mass is 10.0. The maximum absolute atomic E-state index is 10.6. The van der Waals surface area contributed by atoms with Gasteiger partial charge in [-0.05, 0) is 37.0 Å².